The number of H-pyrrole nitrogens is 1. The summed E-state index contributed by atoms with van der Waals surface area (Å²) in [6.45, 7) is 4.90. The molecule has 0 aliphatic heterocycles. The summed E-state index contributed by atoms with van der Waals surface area (Å²) in [5.74, 6) is 2.60. The quantitative estimate of drug-likeness (QED) is 0.768. The van der Waals surface area contributed by atoms with Gasteiger partial charge in [-0.2, -0.15) is 0 Å². The molecule has 1 atom stereocenters. The topological polar surface area (TPSA) is 62.8 Å². The van der Waals surface area contributed by atoms with Crippen molar-refractivity contribution >= 4 is 11.8 Å². The molecule has 0 saturated heterocycles. The third-order valence-corrected chi connectivity index (χ3v) is 3.86. The van der Waals surface area contributed by atoms with Gasteiger partial charge in [-0.05, 0) is 19.5 Å². The molecule has 0 aliphatic rings. The van der Waals surface area contributed by atoms with Crippen LogP contribution in [0.1, 0.15) is 24.4 Å². The van der Waals surface area contributed by atoms with Crippen molar-refractivity contribution in [3.8, 4) is 5.75 Å². The number of methoxy groups -OCH3 is 1. The normalized spacial score (nSPS) is 12.3. The van der Waals surface area contributed by atoms with E-state index >= 15 is 0 Å². The van der Waals surface area contributed by atoms with Gasteiger partial charge in [0.25, 0.3) is 0 Å². The van der Waals surface area contributed by atoms with Gasteiger partial charge in [-0.1, -0.05) is 36.9 Å². The zero-order valence-electron chi connectivity index (χ0n) is 12.0. The molecule has 2 rings (SSSR count). The number of hydrogen-bond acceptors (Lipinski definition) is 5. The number of aryl methyl sites for hydroxylation is 1. The molecule has 1 heterocycles. The van der Waals surface area contributed by atoms with Gasteiger partial charge in [-0.3, -0.25) is 5.10 Å². The lowest BCUT2D eigenvalue weighted by molar-refractivity contribution is 0.403. The van der Waals surface area contributed by atoms with E-state index in [4.69, 9.17) is 4.74 Å². The van der Waals surface area contributed by atoms with Gasteiger partial charge in [0.15, 0.2) is 0 Å². The van der Waals surface area contributed by atoms with E-state index in [-0.39, 0.29) is 6.04 Å². The lowest BCUT2D eigenvalue weighted by atomic mass is 10.1. The van der Waals surface area contributed by atoms with Gasteiger partial charge in [0.05, 0.1) is 7.11 Å². The van der Waals surface area contributed by atoms with Crippen LogP contribution in [0.5, 0.6) is 5.75 Å². The predicted molar refractivity (Wildman–Crippen MR) is 81.3 cm³/mol. The molecule has 2 aromatic rings. The van der Waals surface area contributed by atoms with E-state index in [1.807, 2.05) is 25.1 Å². The molecule has 20 heavy (non-hydrogen) atoms. The maximum Gasteiger partial charge on any atom is 0.208 e. The molecule has 0 bridgehead atoms. The van der Waals surface area contributed by atoms with Gasteiger partial charge in [-0.15, -0.1) is 5.10 Å². The highest BCUT2D eigenvalue weighted by atomic mass is 32.2. The molecule has 5 nitrogen and oxygen atoms in total. The number of nitrogens with zero attached hydrogens (tertiary/aromatic N) is 2. The first-order valence-electron chi connectivity index (χ1n) is 6.62. The molecule has 0 amide bonds. The summed E-state index contributed by atoms with van der Waals surface area (Å²) in [7, 11) is 1.70. The van der Waals surface area contributed by atoms with Gasteiger partial charge >= 0.3 is 0 Å². The minimum Gasteiger partial charge on any atom is -0.496 e. The molecule has 0 spiro atoms. The van der Waals surface area contributed by atoms with Crippen molar-refractivity contribution in [1.82, 2.24) is 20.5 Å². The zero-order valence-corrected chi connectivity index (χ0v) is 12.8. The molecular formula is C14H20N4OS. The standard InChI is InChI=1S/C14H20N4OS/c1-4-15-12(9-20-14-16-10(2)17-18-14)11-7-5-6-8-13(11)19-3/h5-8,12,15H,4,9H2,1-3H3,(H,16,17,18). The van der Waals surface area contributed by atoms with E-state index in [0.717, 1.165) is 34.6 Å². The number of nitrogens with one attached hydrogen (secondary N) is 2. The number of hydrogen-bond donors (Lipinski definition) is 2. The van der Waals surface area contributed by atoms with Crippen LogP contribution >= 0.6 is 11.8 Å². The summed E-state index contributed by atoms with van der Waals surface area (Å²) < 4.78 is 5.44. The maximum atomic E-state index is 5.44. The van der Waals surface area contributed by atoms with Gasteiger partial charge in [0.2, 0.25) is 5.16 Å². The first-order valence-corrected chi connectivity index (χ1v) is 7.61. The molecule has 1 aromatic carbocycles. The first-order chi connectivity index (χ1) is 9.74. The summed E-state index contributed by atoms with van der Waals surface area (Å²) in [4.78, 5) is 4.32. The van der Waals surface area contributed by atoms with Crippen molar-refractivity contribution in [3.63, 3.8) is 0 Å². The van der Waals surface area contributed by atoms with Crippen LogP contribution in [-0.2, 0) is 0 Å². The molecule has 0 saturated carbocycles. The van der Waals surface area contributed by atoms with E-state index in [1.165, 1.54) is 0 Å². The van der Waals surface area contributed by atoms with Crippen molar-refractivity contribution in [3.05, 3.63) is 35.7 Å². The van der Waals surface area contributed by atoms with Crippen LogP contribution in [0.3, 0.4) is 0 Å². The van der Waals surface area contributed by atoms with Crippen LogP contribution in [0.25, 0.3) is 0 Å². The molecule has 108 valence electrons. The highest BCUT2D eigenvalue weighted by Crippen LogP contribution is 2.28. The van der Waals surface area contributed by atoms with Gasteiger partial charge in [-0.25, -0.2) is 4.98 Å². The monoisotopic (exact) mass is 292 g/mol. The molecule has 6 heteroatoms. The van der Waals surface area contributed by atoms with Crippen molar-refractivity contribution in [2.24, 2.45) is 0 Å². The number of ether oxygens (including phenoxy) is 1. The van der Waals surface area contributed by atoms with E-state index in [1.54, 1.807) is 18.9 Å². The Balaban J connectivity index is 2.10. The summed E-state index contributed by atoms with van der Waals surface area (Å²) in [6.07, 6.45) is 0. The fourth-order valence-electron chi connectivity index (χ4n) is 2.00. The largest absolute Gasteiger partial charge is 0.496 e. The molecular weight excluding hydrogens is 272 g/mol. The molecule has 1 aromatic heterocycles. The average molecular weight is 292 g/mol. The van der Waals surface area contributed by atoms with Crippen LogP contribution < -0.4 is 10.1 Å². The lowest BCUT2D eigenvalue weighted by Crippen LogP contribution is -2.23. The Kier molecular flexibility index (Phi) is 5.43. The van der Waals surface area contributed by atoms with Crippen LogP contribution in [-0.4, -0.2) is 34.6 Å². The Morgan fingerprint density at radius 2 is 2.20 bits per heavy atom. The SMILES string of the molecule is CCNC(CSc1n[nH]c(C)n1)c1ccccc1OC. The first kappa shape index (κ1) is 14.9. The molecule has 0 radical (unpaired) electrons. The van der Waals surface area contributed by atoms with E-state index in [2.05, 4.69) is 33.5 Å². The summed E-state index contributed by atoms with van der Waals surface area (Å²) in [5.41, 5.74) is 1.16. The molecule has 2 N–H and O–H groups in total. The second kappa shape index (κ2) is 7.31. The third kappa shape index (κ3) is 3.74. The fourth-order valence-corrected chi connectivity index (χ4v) is 2.93. The second-order valence-electron chi connectivity index (χ2n) is 4.37. The van der Waals surface area contributed by atoms with Gasteiger partial charge in [0.1, 0.15) is 11.6 Å². The van der Waals surface area contributed by atoms with Crippen molar-refractivity contribution < 1.29 is 4.74 Å². The fraction of sp³-hybridized carbons (Fsp3) is 0.429. The van der Waals surface area contributed by atoms with E-state index < -0.39 is 0 Å². The van der Waals surface area contributed by atoms with Crippen LogP contribution in [0.15, 0.2) is 29.4 Å². The maximum absolute atomic E-state index is 5.44. The Bertz CT molecular complexity index is 543. The summed E-state index contributed by atoms with van der Waals surface area (Å²) >= 11 is 1.63. The lowest BCUT2D eigenvalue weighted by Gasteiger charge is -2.19. The van der Waals surface area contributed by atoms with Gasteiger partial charge in [0, 0.05) is 17.4 Å². The van der Waals surface area contributed by atoms with E-state index in [0.29, 0.717) is 0 Å². The summed E-state index contributed by atoms with van der Waals surface area (Å²) in [6, 6.07) is 8.30. The van der Waals surface area contributed by atoms with Crippen LogP contribution in [0.2, 0.25) is 0 Å². The molecule has 0 aliphatic carbocycles. The molecule has 0 fully saturated rings. The Labute approximate surface area is 123 Å². The smallest absolute Gasteiger partial charge is 0.208 e. The number of para-hydroxylation sites is 1. The Morgan fingerprint density at radius 1 is 1.40 bits per heavy atom. The highest BCUT2D eigenvalue weighted by molar-refractivity contribution is 7.99. The zero-order chi connectivity index (χ0) is 14.4. The number of aromatic nitrogens is 3. The third-order valence-electron chi connectivity index (χ3n) is 2.92. The van der Waals surface area contributed by atoms with Crippen molar-refractivity contribution in [2.45, 2.75) is 25.0 Å². The second-order valence-corrected chi connectivity index (χ2v) is 5.35. The van der Waals surface area contributed by atoms with Crippen LogP contribution in [0, 0.1) is 6.92 Å². The van der Waals surface area contributed by atoms with Crippen molar-refractivity contribution in [2.75, 3.05) is 19.4 Å². The number of rotatable bonds is 7. The van der Waals surface area contributed by atoms with E-state index in [9.17, 15) is 0 Å². The minimum absolute atomic E-state index is 0.208. The minimum atomic E-state index is 0.208. The Morgan fingerprint density at radius 3 is 2.85 bits per heavy atom. The predicted octanol–water partition coefficient (Wildman–Crippen LogP) is 2.56. The average Bonchev–Trinajstić information content (AvgIpc) is 2.89. The van der Waals surface area contributed by atoms with Crippen molar-refractivity contribution in [1.29, 1.82) is 0 Å². The Hall–Kier alpha value is -1.53. The van der Waals surface area contributed by atoms with Crippen LogP contribution in [0.4, 0.5) is 0 Å². The number of aromatic amines is 1. The van der Waals surface area contributed by atoms with Gasteiger partial charge < -0.3 is 10.1 Å². The molecule has 1 unspecified atom stereocenters. The summed E-state index contributed by atoms with van der Waals surface area (Å²) in [5, 5.41) is 11.3. The number of thioether (sulfide) groups is 1. The highest BCUT2D eigenvalue weighted by Gasteiger charge is 2.16. The number of benzene rings is 1.